The number of rotatable bonds is 3. The van der Waals surface area contributed by atoms with Gasteiger partial charge in [-0.3, -0.25) is 9.78 Å². The van der Waals surface area contributed by atoms with Gasteiger partial charge in [-0.05, 0) is 18.2 Å². The maximum absolute atomic E-state index is 11.2. The Bertz CT molecular complexity index is 576. The molecule has 6 nitrogen and oxygen atoms in total. The lowest BCUT2D eigenvalue weighted by Gasteiger charge is -2.45. The first-order valence-corrected chi connectivity index (χ1v) is 5.95. The maximum Gasteiger partial charge on any atom is 0.310 e. The van der Waals surface area contributed by atoms with Crippen molar-refractivity contribution < 1.29 is 9.90 Å². The molecule has 1 aliphatic rings. The van der Waals surface area contributed by atoms with Crippen LogP contribution in [0.15, 0.2) is 42.9 Å². The number of aromatic nitrogens is 3. The van der Waals surface area contributed by atoms with Gasteiger partial charge < -0.3 is 10.0 Å². The van der Waals surface area contributed by atoms with Gasteiger partial charge in [-0.1, -0.05) is 6.07 Å². The Morgan fingerprint density at radius 3 is 2.53 bits per heavy atom. The normalized spacial score (nSPS) is 21.8. The van der Waals surface area contributed by atoms with E-state index in [-0.39, 0.29) is 6.04 Å². The molecule has 0 bridgehead atoms. The lowest BCUT2D eigenvalue weighted by molar-refractivity contribution is -0.144. The molecule has 2 aromatic rings. The zero-order chi connectivity index (χ0) is 13.2. The summed E-state index contributed by atoms with van der Waals surface area (Å²) in [6.45, 7) is 0.403. The summed E-state index contributed by atoms with van der Waals surface area (Å²) in [5.74, 6) is -0.753. The van der Waals surface area contributed by atoms with Crippen LogP contribution >= 0.6 is 0 Å². The highest BCUT2D eigenvalue weighted by Gasteiger charge is 2.46. The van der Waals surface area contributed by atoms with Gasteiger partial charge >= 0.3 is 5.97 Å². The van der Waals surface area contributed by atoms with Gasteiger partial charge in [0.15, 0.2) is 0 Å². The SMILES string of the molecule is O=C(O)C1CN(c2ncccn2)C1c1ccccn1. The standard InChI is InChI=1S/C13H12N4O2/c18-12(19)9-8-17(13-15-6-3-7-16-13)11(9)10-4-1-2-5-14-10/h1-7,9,11H,8H2,(H,18,19). The van der Waals surface area contributed by atoms with Crippen molar-refractivity contribution in [3.05, 3.63) is 48.5 Å². The average molecular weight is 256 g/mol. The van der Waals surface area contributed by atoms with E-state index in [1.807, 2.05) is 17.0 Å². The third kappa shape index (κ3) is 2.01. The van der Waals surface area contributed by atoms with Crippen LogP contribution in [-0.2, 0) is 4.79 Å². The topological polar surface area (TPSA) is 79.2 Å². The van der Waals surface area contributed by atoms with E-state index < -0.39 is 11.9 Å². The molecule has 0 amide bonds. The molecule has 6 heteroatoms. The molecule has 3 rings (SSSR count). The third-order valence-corrected chi connectivity index (χ3v) is 3.23. The molecule has 19 heavy (non-hydrogen) atoms. The number of carboxylic acid groups (broad SMARTS) is 1. The minimum absolute atomic E-state index is 0.305. The summed E-state index contributed by atoms with van der Waals surface area (Å²) < 4.78 is 0. The summed E-state index contributed by atoms with van der Waals surface area (Å²) in [4.78, 5) is 25.7. The predicted molar refractivity (Wildman–Crippen MR) is 67.5 cm³/mol. The second-order valence-electron chi connectivity index (χ2n) is 4.35. The van der Waals surface area contributed by atoms with Crippen molar-refractivity contribution in [1.82, 2.24) is 15.0 Å². The third-order valence-electron chi connectivity index (χ3n) is 3.23. The molecule has 3 heterocycles. The molecule has 0 aliphatic carbocycles. The van der Waals surface area contributed by atoms with E-state index >= 15 is 0 Å². The minimum atomic E-state index is -0.817. The predicted octanol–water partition coefficient (Wildman–Crippen LogP) is 1.13. The van der Waals surface area contributed by atoms with Gasteiger partial charge in [-0.15, -0.1) is 0 Å². The Labute approximate surface area is 109 Å². The second-order valence-corrected chi connectivity index (χ2v) is 4.35. The number of aliphatic carboxylic acids is 1. The van der Waals surface area contributed by atoms with Crippen molar-refractivity contribution in [2.45, 2.75) is 6.04 Å². The van der Waals surface area contributed by atoms with Crippen molar-refractivity contribution in [3.8, 4) is 0 Å². The Hall–Kier alpha value is -2.50. The van der Waals surface area contributed by atoms with E-state index in [0.29, 0.717) is 12.5 Å². The van der Waals surface area contributed by atoms with E-state index in [4.69, 9.17) is 0 Å². The van der Waals surface area contributed by atoms with Crippen molar-refractivity contribution in [2.24, 2.45) is 5.92 Å². The van der Waals surface area contributed by atoms with Crippen molar-refractivity contribution in [2.75, 3.05) is 11.4 Å². The Balaban J connectivity index is 1.93. The van der Waals surface area contributed by atoms with Crippen molar-refractivity contribution >= 4 is 11.9 Å². The summed E-state index contributed by atoms with van der Waals surface area (Å²) >= 11 is 0. The first-order valence-electron chi connectivity index (χ1n) is 5.95. The molecular weight excluding hydrogens is 244 g/mol. The van der Waals surface area contributed by atoms with Crippen molar-refractivity contribution in [1.29, 1.82) is 0 Å². The lowest BCUT2D eigenvalue weighted by Crippen LogP contribution is -2.54. The van der Waals surface area contributed by atoms with Gasteiger partial charge in [0.25, 0.3) is 0 Å². The molecule has 1 saturated heterocycles. The van der Waals surface area contributed by atoms with Crippen LogP contribution in [0.5, 0.6) is 0 Å². The number of hydrogen-bond acceptors (Lipinski definition) is 5. The number of nitrogens with zero attached hydrogens (tertiary/aromatic N) is 4. The van der Waals surface area contributed by atoms with Crippen LogP contribution in [-0.4, -0.2) is 32.6 Å². The van der Waals surface area contributed by atoms with E-state index in [2.05, 4.69) is 15.0 Å². The van der Waals surface area contributed by atoms with Gasteiger partial charge in [0.2, 0.25) is 5.95 Å². The number of hydrogen-bond donors (Lipinski definition) is 1. The number of pyridine rings is 1. The molecule has 0 spiro atoms. The van der Waals surface area contributed by atoms with E-state index in [1.54, 1.807) is 30.7 Å². The fourth-order valence-electron chi connectivity index (χ4n) is 2.28. The highest BCUT2D eigenvalue weighted by molar-refractivity contribution is 5.75. The highest BCUT2D eigenvalue weighted by atomic mass is 16.4. The molecule has 1 aliphatic heterocycles. The Morgan fingerprint density at radius 2 is 1.89 bits per heavy atom. The summed E-state index contributed by atoms with van der Waals surface area (Å²) in [6, 6.07) is 6.91. The minimum Gasteiger partial charge on any atom is -0.481 e. The number of anilines is 1. The van der Waals surface area contributed by atoms with E-state index in [1.165, 1.54) is 0 Å². The molecule has 2 aromatic heterocycles. The molecule has 96 valence electrons. The van der Waals surface area contributed by atoms with Crippen LogP contribution in [0, 0.1) is 5.92 Å². The largest absolute Gasteiger partial charge is 0.481 e. The van der Waals surface area contributed by atoms with Crippen LogP contribution in [0.25, 0.3) is 0 Å². The first-order chi connectivity index (χ1) is 9.27. The van der Waals surface area contributed by atoms with Crippen LogP contribution in [0.3, 0.4) is 0 Å². The van der Waals surface area contributed by atoms with Gasteiger partial charge in [-0.2, -0.15) is 0 Å². The van der Waals surface area contributed by atoms with Crippen LogP contribution in [0.1, 0.15) is 11.7 Å². The van der Waals surface area contributed by atoms with Gasteiger partial charge in [0.05, 0.1) is 11.7 Å². The fourth-order valence-corrected chi connectivity index (χ4v) is 2.28. The zero-order valence-electron chi connectivity index (χ0n) is 10.0. The average Bonchev–Trinajstić information content (AvgIpc) is 2.39. The summed E-state index contributed by atoms with van der Waals surface area (Å²) in [6.07, 6.45) is 4.95. The van der Waals surface area contributed by atoms with E-state index in [9.17, 15) is 9.90 Å². The van der Waals surface area contributed by atoms with Crippen LogP contribution in [0.4, 0.5) is 5.95 Å². The smallest absolute Gasteiger partial charge is 0.310 e. The fraction of sp³-hybridized carbons (Fsp3) is 0.231. The zero-order valence-corrected chi connectivity index (χ0v) is 10.0. The van der Waals surface area contributed by atoms with Gasteiger partial charge in [0, 0.05) is 25.1 Å². The molecular formula is C13H12N4O2. The lowest BCUT2D eigenvalue weighted by atomic mass is 9.86. The quantitative estimate of drug-likeness (QED) is 0.887. The summed E-state index contributed by atoms with van der Waals surface area (Å²) in [5.41, 5.74) is 0.730. The van der Waals surface area contributed by atoms with Crippen LogP contribution < -0.4 is 4.90 Å². The molecule has 0 saturated carbocycles. The monoisotopic (exact) mass is 256 g/mol. The van der Waals surface area contributed by atoms with E-state index in [0.717, 1.165) is 5.69 Å². The highest BCUT2D eigenvalue weighted by Crippen LogP contribution is 2.39. The number of carbonyl (C=O) groups is 1. The Kier molecular flexibility index (Phi) is 2.83. The number of carboxylic acids is 1. The summed E-state index contributed by atoms with van der Waals surface area (Å²) in [7, 11) is 0. The molecule has 0 radical (unpaired) electrons. The molecule has 2 unspecified atom stereocenters. The molecule has 2 atom stereocenters. The van der Waals surface area contributed by atoms with Crippen molar-refractivity contribution in [3.63, 3.8) is 0 Å². The van der Waals surface area contributed by atoms with Crippen LogP contribution in [0.2, 0.25) is 0 Å². The molecule has 1 fully saturated rings. The molecule has 0 aromatic carbocycles. The Morgan fingerprint density at radius 1 is 1.16 bits per heavy atom. The second kappa shape index (κ2) is 4.64. The summed E-state index contributed by atoms with van der Waals surface area (Å²) in [5, 5.41) is 9.23. The maximum atomic E-state index is 11.2. The van der Waals surface area contributed by atoms with Gasteiger partial charge in [-0.25, -0.2) is 9.97 Å². The van der Waals surface area contributed by atoms with Gasteiger partial charge in [0.1, 0.15) is 5.92 Å². The molecule has 1 N–H and O–H groups in total. The first kappa shape index (κ1) is 11.6.